The molecule has 0 spiro atoms. The first-order valence-electron chi connectivity index (χ1n) is 8.87. The highest BCUT2D eigenvalue weighted by atomic mass is 35.5. The zero-order chi connectivity index (χ0) is 21.0. The number of nitrogens with one attached hydrogen (secondary N) is 3. The van der Waals surface area contributed by atoms with Crippen LogP contribution in [0.3, 0.4) is 0 Å². The van der Waals surface area contributed by atoms with Crippen LogP contribution in [-0.4, -0.2) is 45.7 Å². The second-order valence-corrected chi connectivity index (χ2v) is 7.03. The van der Waals surface area contributed by atoms with E-state index < -0.39 is 5.91 Å². The molecule has 0 saturated carbocycles. The number of hydrogen-bond donors (Lipinski definition) is 5. The molecule has 1 aromatic heterocycles. The molecule has 1 aliphatic rings. The minimum Gasteiger partial charge on any atom is -0.382 e. The molecule has 0 bridgehead atoms. The number of benzene rings is 1. The molecule has 11 heteroatoms. The Hall–Kier alpha value is -3.40. The fraction of sp³-hybridized carbons (Fsp3) is 0.278. The molecule has 2 heterocycles. The first-order chi connectivity index (χ1) is 13.8. The maximum Gasteiger partial charge on any atom is 0.280 e. The van der Waals surface area contributed by atoms with Crippen LogP contribution in [0.1, 0.15) is 22.5 Å². The fourth-order valence-corrected chi connectivity index (χ4v) is 3.15. The van der Waals surface area contributed by atoms with Gasteiger partial charge in [0.1, 0.15) is 0 Å². The molecule has 1 saturated heterocycles. The van der Waals surface area contributed by atoms with E-state index in [1.165, 1.54) is 0 Å². The molecule has 0 aliphatic carbocycles. The van der Waals surface area contributed by atoms with Crippen molar-refractivity contribution in [1.29, 1.82) is 5.41 Å². The molecular weight excluding hydrogens is 396 g/mol. The van der Waals surface area contributed by atoms with E-state index in [0.717, 1.165) is 5.56 Å². The van der Waals surface area contributed by atoms with Crippen molar-refractivity contribution in [2.45, 2.75) is 13.0 Å². The smallest absolute Gasteiger partial charge is 0.280 e. The Kier molecular flexibility index (Phi) is 6.13. The van der Waals surface area contributed by atoms with E-state index in [9.17, 15) is 9.59 Å². The second kappa shape index (κ2) is 8.74. The summed E-state index contributed by atoms with van der Waals surface area (Å²) in [4.78, 5) is 33.7. The number of rotatable bonds is 5. The van der Waals surface area contributed by atoms with Gasteiger partial charge in [0, 0.05) is 32.0 Å². The summed E-state index contributed by atoms with van der Waals surface area (Å²) in [6.45, 7) is 1.49. The first kappa shape index (κ1) is 20.3. The summed E-state index contributed by atoms with van der Waals surface area (Å²) in [6, 6.07) is 9.75. The third kappa shape index (κ3) is 5.11. The number of likely N-dealkylation sites (tertiary alicyclic amines) is 1. The van der Waals surface area contributed by atoms with Crippen LogP contribution >= 0.6 is 11.6 Å². The van der Waals surface area contributed by atoms with Gasteiger partial charge in [-0.05, 0) is 5.56 Å². The van der Waals surface area contributed by atoms with Crippen molar-refractivity contribution < 1.29 is 9.59 Å². The van der Waals surface area contributed by atoms with E-state index in [4.69, 9.17) is 28.5 Å². The van der Waals surface area contributed by atoms with Crippen molar-refractivity contribution >= 4 is 41.0 Å². The average Bonchev–Trinajstić information content (AvgIpc) is 3.03. The molecule has 1 aliphatic heterocycles. The summed E-state index contributed by atoms with van der Waals surface area (Å²) in [5.41, 5.74) is 11.9. The van der Waals surface area contributed by atoms with Gasteiger partial charge in [0.15, 0.2) is 28.4 Å². The number of guanidine groups is 1. The summed E-state index contributed by atoms with van der Waals surface area (Å²) < 4.78 is 0. The predicted molar refractivity (Wildman–Crippen MR) is 109 cm³/mol. The van der Waals surface area contributed by atoms with Crippen LogP contribution in [0.15, 0.2) is 30.3 Å². The van der Waals surface area contributed by atoms with Crippen molar-refractivity contribution in [1.82, 2.24) is 25.5 Å². The Morgan fingerprint density at radius 1 is 1.24 bits per heavy atom. The van der Waals surface area contributed by atoms with Gasteiger partial charge in [-0.1, -0.05) is 41.9 Å². The Balaban J connectivity index is 1.49. The Morgan fingerprint density at radius 2 is 1.97 bits per heavy atom. The predicted octanol–water partition coefficient (Wildman–Crippen LogP) is 0.597. The van der Waals surface area contributed by atoms with Crippen LogP contribution in [0.4, 0.5) is 11.6 Å². The Morgan fingerprint density at radius 3 is 2.69 bits per heavy atom. The number of aromatic nitrogens is 2. The van der Waals surface area contributed by atoms with Gasteiger partial charge in [-0.25, -0.2) is 9.97 Å². The average molecular weight is 417 g/mol. The molecular formula is C18H21ClN8O2. The van der Waals surface area contributed by atoms with Crippen LogP contribution < -0.4 is 22.1 Å². The monoisotopic (exact) mass is 416 g/mol. The lowest BCUT2D eigenvalue weighted by Gasteiger charge is -2.17. The molecule has 2 aromatic rings. The number of hydrogen-bond acceptors (Lipinski definition) is 7. The standard InChI is InChI=1S/C18H21ClN8O2/c19-14-16(21)25-15(20)13(24-14)17(29)26-18(22)23-7-11-6-12(28)27(9-11)8-10-4-2-1-3-5-10/h1-5,11H,6-9H2,(H4,20,21,25)(H3,22,23,26,29). The van der Waals surface area contributed by atoms with E-state index in [2.05, 4.69) is 20.6 Å². The summed E-state index contributed by atoms with van der Waals surface area (Å²) in [5.74, 6) is -1.15. The molecule has 1 aromatic carbocycles. The largest absolute Gasteiger partial charge is 0.382 e. The van der Waals surface area contributed by atoms with Crippen LogP contribution in [-0.2, 0) is 11.3 Å². The molecule has 1 unspecified atom stereocenters. The van der Waals surface area contributed by atoms with Crippen LogP contribution in [0.5, 0.6) is 0 Å². The lowest BCUT2D eigenvalue weighted by atomic mass is 10.1. The minimum absolute atomic E-state index is 0.0271. The third-order valence-electron chi connectivity index (χ3n) is 4.44. The van der Waals surface area contributed by atoms with Crippen LogP contribution in [0.25, 0.3) is 0 Å². The van der Waals surface area contributed by atoms with Gasteiger partial charge >= 0.3 is 0 Å². The van der Waals surface area contributed by atoms with Gasteiger partial charge in [0.2, 0.25) is 5.91 Å². The van der Waals surface area contributed by atoms with Crippen molar-refractivity contribution in [2.75, 3.05) is 24.6 Å². The second-order valence-electron chi connectivity index (χ2n) is 6.67. The van der Waals surface area contributed by atoms with E-state index in [1.54, 1.807) is 4.90 Å². The third-order valence-corrected chi connectivity index (χ3v) is 4.71. The normalized spacial score (nSPS) is 16.0. The molecule has 7 N–H and O–H groups in total. The van der Waals surface area contributed by atoms with Crippen molar-refractivity contribution in [3.8, 4) is 0 Å². The van der Waals surface area contributed by atoms with Gasteiger partial charge in [-0.3, -0.25) is 20.3 Å². The molecule has 2 amide bonds. The van der Waals surface area contributed by atoms with Crippen LogP contribution in [0.2, 0.25) is 5.15 Å². The minimum atomic E-state index is -0.734. The van der Waals surface area contributed by atoms with Gasteiger partial charge in [0.05, 0.1) is 0 Å². The maximum atomic E-state index is 12.2. The zero-order valence-electron chi connectivity index (χ0n) is 15.5. The highest BCUT2D eigenvalue weighted by molar-refractivity contribution is 6.31. The SMILES string of the molecule is N=C(NCC1CC(=O)N(Cc2ccccc2)C1)NC(=O)c1nc(Cl)c(N)nc1N. The van der Waals surface area contributed by atoms with E-state index in [-0.39, 0.29) is 40.3 Å². The topological polar surface area (TPSA) is 163 Å². The molecule has 29 heavy (non-hydrogen) atoms. The van der Waals surface area contributed by atoms with Crippen molar-refractivity contribution in [3.63, 3.8) is 0 Å². The van der Waals surface area contributed by atoms with E-state index >= 15 is 0 Å². The van der Waals surface area contributed by atoms with E-state index in [0.29, 0.717) is 26.1 Å². The lowest BCUT2D eigenvalue weighted by Crippen LogP contribution is -2.43. The van der Waals surface area contributed by atoms with Crippen molar-refractivity contribution in [3.05, 3.63) is 46.7 Å². The van der Waals surface area contributed by atoms with Gasteiger partial charge < -0.3 is 21.7 Å². The Labute approximate surface area is 172 Å². The highest BCUT2D eigenvalue weighted by Gasteiger charge is 2.29. The highest BCUT2D eigenvalue weighted by Crippen LogP contribution is 2.20. The summed E-state index contributed by atoms with van der Waals surface area (Å²) in [7, 11) is 0. The maximum absolute atomic E-state index is 12.2. The quantitative estimate of drug-likeness (QED) is 0.351. The van der Waals surface area contributed by atoms with Crippen molar-refractivity contribution in [2.24, 2.45) is 5.92 Å². The number of carbonyl (C=O) groups is 2. The summed E-state index contributed by atoms with van der Waals surface area (Å²) in [5, 5.41) is 12.9. The first-order valence-corrected chi connectivity index (χ1v) is 9.25. The van der Waals surface area contributed by atoms with Gasteiger partial charge in [-0.2, -0.15) is 0 Å². The number of carbonyl (C=O) groups excluding carboxylic acids is 2. The Bertz CT molecular complexity index is 937. The number of nitrogens with zero attached hydrogens (tertiary/aromatic N) is 3. The molecule has 3 rings (SSSR count). The summed E-state index contributed by atoms with van der Waals surface area (Å²) >= 11 is 5.76. The molecule has 1 fully saturated rings. The van der Waals surface area contributed by atoms with Gasteiger partial charge in [-0.15, -0.1) is 0 Å². The zero-order valence-corrected chi connectivity index (χ0v) is 16.2. The number of nitrogens with two attached hydrogens (primary N) is 2. The number of anilines is 2. The van der Waals surface area contributed by atoms with E-state index in [1.807, 2.05) is 30.3 Å². The molecule has 152 valence electrons. The molecule has 10 nitrogen and oxygen atoms in total. The summed E-state index contributed by atoms with van der Waals surface area (Å²) in [6.07, 6.45) is 0.382. The lowest BCUT2D eigenvalue weighted by molar-refractivity contribution is -0.128. The van der Waals surface area contributed by atoms with Crippen LogP contribution in [0, 0.1) is 11.3 Å². The van der Waals surface area contributed by atoms with Gasteiger partial charge in [0.25, 0.3) is 5.91 Å². The molecule has 1 atom stereocenters. The fourth-order valence-electron chi connectivity index (χ4n) is 3.02. The number of amides is 2. The molecule has 0 radical (unpaired) electrons. The number of nitrogen functional groups attached to an aromatic ring is 2. The number of halogens is 1.